The molecule has 0 saturated carbocycles. The lowest BCUT2D eigenvalue weighted by Gasteiger charge is -2.35. The van der Waals surface area contributed by atoms with E-state index in [-0.39, 0.29) is 5.69 Å². The van der Waals surface area contributed by atoms with Crippen LogP contribution in [0, 0.1) is 6.92 Å². The van der Waals surface area contributed by atoms with E-state index in [1.807, 2.05) is 6.20 Å². The van der Waals surface area contributed by atoms with Crippen LogP contribution in [-0.4, -0.2) is 52.2 Å². The number of piperazine rings is 1. The van der Waals surface area contributed by atoms with Gasteiger partial charge in [-0.1, -0.05) is 0 Å². The van der Waals surface area contributed by atoms with Gasteiger partial charge in [0.1, 0.15) is 5.82 Å². The highest BCUT2D eigenvalue weighted by Gasteiger charge is 2.20. The molecular formula is C13H15N5O2S. The van der Waals surface area contributed by atoms with Crippen LogP contribution in [0.4, 0.5) is 10.9 Å². The molecule has 0 unspecified atom stereocenters. The molecule has 0 spiro atoms. The summed E-state index contributed by atoms with van der Waals surface area (Å²) in [6, 6.07) is 0. The monoisotopic (exact) mass is 305 g/mol. The maximum absolute atomic E-state index is 10.8. The zero-order valence-corrected chi connectivity index (χ0v) is 12.4. The summed E-state index contributed by atoms with van der Waals surface area (Å²) in [5.74, 6) is -0.340. The van der Waals surface area contributed by atoms with Crippen LogP contribution >= 0.6 is 11.3 Å². The Kier molecular flexibility index (Phi) is 3.70. The molecule has 1 aliphatic rings. The van der Waals surface area contributed by atoms with Crippen molar-refractivity contribution in [3.8, 4) is 0 Å². The van der Waals surface area contributed by atoms with Crippen LogP contribution in [0.3, 0.4) is 0 Å². The second-order valence-electron chi connectivity index (χ2n) is 4.79. The molecule has 0 aromatic carbocycles. The van der Waals surface area contributed by atoms with Gasteiger partial charge in [0.15, 0.2) is 10.8 Å². The van der Waals surface area contributed by atoms with Gasteiger partial charge in [-0.25, -0.2) is 19.7 Å². The highest BCUT2D eigenvalue weighted by molar-refractivity contribution is 7.15. The third-order valence-electron chi connectivity index (χ3n) is 3.34. The standard InChI is InChI=1S/C13H15N5O2S/c1-9-6-16-13(21-9)18-4-2-17(3-5-18)11-8-14-10(7-15-11)12(19)20/h6-8H,2-5H2,1H3,(H,19,20). The highest BCUT2D eigenvalue weighted by Crippen LogP contribution is 2.23. The second kappa shape index (κ2) is 5.65. The molecule has 8 heteroatoms. The Labute approximate surface area is 125 Å². The highest BCUT2D eigenvalue weighted by atomic mass is 32.1. The maximum Gasteiger partial charge on any atom is 0.356 e. The maximum atomic E-state index is 10.8. The van der Waals surface area contributed by atoms with E-state index in [2.05, 4.69) is 31.7 Å². The molecule has 1 aliphatic heterocycles. The molecule has 0 amide bonds. The molecule has 1 fully saturated rings. The number of hydrogen-bond donors (Lipinski definition) is 1. The van der Waals surface area contributed by atoms with Crippen molar-refractivity contribution in [3.05, 3.63) is 29.2 Å². The van der Waals surface area contributed by atoms with Crippen LogP contribution in [0.5, 0.6) is 0 Å². The van der Waals surface area contributed by atoms with Crippen LogP contribution in [0.15, 0.2) is 18.6 Å². The predicted molar refractivity (Wildman–Crippen MR) is 80.3 cm³/mol. The first-order valence-corrected chi connectivity index (χ1v) is 7.43. The van der Waals surface area contributed by atoms with Gasteiger partial charge in [0.25, 0.3) is 0 Å². The average Bonchev–Trinajstić information content (AvgIpc) is 2.94. The zero-order valence-electron chi connectivity index (χ0n) is 11.6. The van der Waals surface area contributed by atoms with Crippen molar-refractivity contribution in [1.82, 2.24) is 15.0 Å². The summed E-state index contributed by atoms with van der Waals surface area (Å²) in [5.41, 5.74) is -0.0318. The molecule has 0 radical (unpaired) electrons. The minimum Gasteiger partial charge on any atom is -0.476 e. The van der Waals surface area contributed by atoms with Crippen molar-refractivity contribution in [2.75, 3.05) is 36.0 Å². The van der Waals surface area contributed by atoms with Crippen LogP contribution in [0.1, 0.15) is 15.4 Å². The van der Waals surface area contributed by atoms with Gasteiger partial charge >= 0.3 is 5.97 Å². The lowest BCUT2D eigenvalue weighted by molar-refractivity contribution is 0.0690. The Bertz CT molecular complexity index is 634. The Morgan fingerprint density at radius 1 is 1.10 bits per heavy atom. The molecule has 3 rings (SSSR count). The molecule has 0 bridgehead atoms. The molecular weight excluding hydrogens is 290 g/mol. The summed E-state index contributed by atoms with van der Waals surface area (Å²) in [4.78, 5) is 28.8. The molecule has 1 saturated heterocycles. The van der Waals surface area contributed by atoms with Crippen LogP contribution in [0.2, 0.25) is 0 Å². The SMILES string of the molecule is Cc1cnc(N2CCN(c3cnc(C(=O)O)cn3)CC2)s1. The Hall–Kier alpha value is -2.22. The number of carboxylic acid groups (broad SMARTS) is 1. The van der Waals surface area contributed by atoms with Crippen molar-refractivity contribution in [2.45, 2.75) is 6.92 Å². The smallest absolute Gasteiger partial charge is 0.356 e. The fourth-order valence-electron chi connectivity index (χ4n) is 2.21. The molecule has 0 atom stereocenters. The fraction of sp³-hybridized carbons (Fsp3) is 0.385. The molecule has 3 heterocycles. The van der Waals surface area contributed by atoms with E-state index >= 15 is 0 Å². The van der Waals surface area contributed by atoms with Crippen molar-refractivity contribution >= 4 is 28.3 Å². The zero-order chi connectivity index (χ0) is 14.8. The van der Waals surface area contributed by atoms with E-state index in [0.29, 0.717) is 0 Å². The first-order chi connectivity index (χ1) is 10.1. The minimum absolute atomic E-state index is 0.0318. The van der Waals surface area contributed by atoms with Crippen LogP contribution < -0.4 is 9.80 Å². The van der Waals surface area contributed by atoms with E-state index in [1.165, 1.54) is 17.3 Å². The largest absolute Gasteiger partial charge is 0.476 e. The Morgan fingerprint density at radius 3 is 2.33 bits per heavy atom. The molecule has 7 nitrogen and oxygen atoms in total. The Morgan fingerprint density at radius 2 is 1.81 bits per heavy atom. The van der Waals surface area contributed by atoms with Gasteiger partial charge < -0.3 is 14.9 Å². The second-order valence-corrected chi connectivity index (χ2v) is 6.01. The van der Waals surface area contributed by atoms with E-state index in [4.69, 9.17) is 5.11 Å². The van der Waals surface area contributed by atoms with Gasteiger partial charge in [-0.15, -0.1) is 11.3 Å². The summed E-state index contributed by atoms with van der Waals surface area (Å²) in [6.07, 6.45) is 4.71. The molecule has 1 N–H and O–H groups in total. The van der Waals surface area contributed by atoms with Gasteiger partial charge in [0.2, 0.25) is 0 Å². The molecule has 0 aliphatic carbocycles. The van der Waals surface area contributed by atoms with Crippen molar-refractivity contribution in [2.24, 2.45) is 0 Å². The number of carboxylic acids is 1. The predicted octanol–water partition coefficient (Wildman–Crippen LogP) is 1.27. The Balaban J connectivity index is 1.64. The summed E-state index contributed by atoms with van der Waals surface area (Å²) in [6.45, 7) is 5.43. The van der Waals surface area contributed by atoms with Crippen molar-refractivity contribution in [3.63, 3.8) is 0 Å². The number of nitrogens with zero attached hydrogens (tertiary/aromatic N) is 5. The normalized spacial score (nSPS) is 15.3. The summed E-state index contributed by atoms with van der Waals surface area (Å²) >= 11 is 1.70. The van der Waals surface area contributed by atoms with Crippen molar-refractivity contribution in [1.29, 1.82) is 0 Å². The third-order valence-corrected chi connectivity index (χ3v) is 4.31. The van der Waals surface area contributed by atoms with Crippen LogP contribution in [0.25, 0.3) is 0 Å². The number of aromatic nitrogens is 3. The quantitative estimate of drug-likeness (QED) is 0.914. The van der Waals surface area contributed by atoms with E-state index < -0.39 is 5.97 Å². The number of aryl methyl sites for hydroxylation is 1. The van der Waals surface area contributed by atoms with E-state index in [0.717, 1.165) is 37.1 Å². The number of thiazole rings is 1. The number of rotatable bonds is 3. The number of anilines is 2. The van der Waals surface area contributed by atoms with Gasteiger partial charge in [-0.3, -0.25) is 0 Å². The molecule has 2 aromatic heterocycles. The average molecular weight is 305 g/mol. The third kappa shape index (κ3) is 2.94. The summed E-state index contributed by atoms with van der Waals surface area (Å²) in [7, 11) is 0. The first kappa shape index (κ1) is 13.7. The van der Waals surface area contributed by atoms with E-state index in [9.17, 15) is 4.79 Å². The van der Waals surface area contributed by atoms with Gasteiger partial charge in [-0.2, -0.15) is 0 Å². The topological polar surface area (TPSA) is 82.5 Å². The minimum atomic E-state index is -1.06. The lowest BCUT2D eigenvalue weighted by atomic mass is 10.3. The molecule has 110 valence electrons. The molecule has 2 aromatic rings. The van der Waals surface area contributed by atoms with Crippen molar-refractivity contribution < 1.29 is 9.90 Å². The number of hydrogen-bond acceptors (Lipinski definition) is 7. The van der Waals surface area contributed by atoms with Gasteiger partial charge in [-0.05, 0) is 6.92 Å². The lowest BCUT2D eigenvalue weighted by Crippen LogP contribution is -2.46. The number of aromatic carboxylic acids is 1. The number of carbonyl (C=O) groups is 1. The summed E-state index contributed by atoms with van der Waals surface area (Å²) in [5, 5.41) is 9.88. The summed E-state index contributed by atoms with van der Waals surface area (Å²) < 4.78 is 0. The first-order valence-electron chi connectivity index (χ1n) is 6.61. The molecule has 21 heavy (non-hydrogen) atoms. The fourth-order valence-corrected chi connectivity index (χ4v) is 3.02. The van der Waals surface area contributed by atoms with Crippen LogP contribution in [-0.2, 0) is 0 Å². The van der Waals surface area contributed by atoms with Gasteiger partial charge in [0.05, 0.1) is 12.4 Å². The van der Waals surface area contributed by atoms with Gasteiger partial charge in [0, 0.05) is 37.3 Å². The van der Waals surface area contributed by atoms with E-state index in [1.54, 1.807) is 11.3 Å².